The zero-order valence-electron chi connectivity index (χ0n) is 16.3. The zero-order valence-corrected chi connectivity index (χ0v) is 18.6. The van der Waals surface area contributed by atoms with E-state index in [1.54, 1.807) is 6.07 Å². The molecule has 27 heavy (non-hydrogen) atoms. The number of nitrogens with zero attached hydrogens (tertiary/aromatic N) is 3. The molecule has 1 fully saturated rings. The van der Waals surface area contributed by atoms with Crippen LogP contribution in [0.2, 0.25) is 0 Å². The van der Waals surface area contributed by atoms with Gasteiger partial charge >= 0.3 is 0 Å². The maximum Gasteiger partial charge on any atom is 0.193 e. The monoisotopic (exact) mass is 492 g/mol. The number of guanidine groups is 1. The predicted molar refractivity (Wildman–Crippen MR) is 120 cm³/mol. The number of unbranched alkanes of at least 4 members (excludes halogenated alkanes) is 1. The lowest BCUT2D eigenvalue weighted by Gasteiger charge is -2.22. The van der Waals surface area contributed by atoms with Gasteiger partial charge in [-0.1, -0.05) is 6.08 Å². The van der Waals surface area contributed by atoms with E-state index in [0.717, 1.165) is 63.6 Å². The Labute approximate surface area is 178 Å². The van der Waals surface area contributed by atoms with E-state index in [1.807, 2.05) is 13.1 Å². The summed E-state index contributed by atoms with van der Waals surface area (Å²) in [5.41, 5.74) is 0.740. The van der Waals surface area contributed by atoms with Crippen molar-refractivity contribution in [1.29, 1.82) is 0 Å². The molecule has 1 aromatic carbocycles. The largest absolute Gasteiger partial charge is 0.371 e. The highest BCUT2D eigenvalue weighted by Gasteiger charge is 2.23. The second kappa shape index (κ2) is 12.2. The van der Waals surface area contributed by atoms with Crippen LogP contribution in [0.3, 0.4) is 0 Å². The maximum atomic E-state index is 13.4. The van der Waals surface area contributed by atoms with Gasteiger partial charge in [0.05, 0.1) is 0 Å². The van der Waals surface area contributed by atoms with Crippen LogP contribution in [0.5, 0.6) is 0 Å². The molecule has 0 saturated carbocycles. The molecule has 2 rings (SSSR count). The van der Waals surface area contributed by atoms with Gasteiger partial charge in [0.25, 0.3) is 0 Å². The van der Waals surface area contributed by atoms with Gasteiger partial charge in [-0.25, -0.2) is 8.78 Å². The molecule has 1 atom stereocenters. The molecule has 1 N–H and O–H groups in total. The molecule has 1 saturated heterocycles. The van der Waals surface area contributed by atoms with Crippen molar-refractivity contribution in [3.8, 4) is 0 Å². The number of hydrogen-bond acceptors (Lipinski definition) is 2. The third kappa shape index (κ3) is 7.27. The zero-order chi connectivity index (χ0) is 18.9. The van der Waals surface area contributed by atoms with Gasteiger partial charge in [-0.05, 0) is 44.2 Å². The summed E-state index contributed by atoms with van der Waals surface area (Å²) in [6.45, 7) is 9.97. The van der Waals surface area contributed by atoms with Gasteiger partial charge in [-0.2, -0.15) is 0 Å². The highest BCUT2D eigenvalue weighted by Crippen LogP contribution is 2.25. The van der Waals surface area contributed by atoms with Gasteiger partial charge in [-0.3, -0.25) is 4.99 Å². The molecule has 1 unspecified atom stereocenters. The Morgan fingerprint density at radius 2 is 2.19 bits per heavy atom. The van der Waals surface area contributed by atoms with Crippen molar-refractivity contribution in [2.45, 2.75) is 26.2 Å². The molecular weight excluding hydrogens is 461 g/mol. The molecular formula is C20H31F2IN4. The summed E-state index contributed by atoms with van der Waals surface area (Å²) in [7, 11) is 2.05. The average molecular weight is 492 g/mol. The molecule has 1 heterocycles. The number of halogens is 3. The van der Waals surface area contributed by atoms with Crippen LogP contribution in [-0.4, -0.2) is 50.6 Å². The summed E-state index contributed by atoms with van der Waals surface area (Å²) >= 11 is 0. The quantitative estimate of drug-likeness (QED) is 0.193. The fourth-order valence-electron chi connectivity index (χ4n) is 3.16. The minimum absolute atomic E-state index is 0. The molecule has 0 spiro atoms. The van der Waals surface area contributed by atoms with Crippen molar-refractivity contribution >= 4 is 35.6 Å². The smallest absolute Gasteiger partial charge is 0.193 e. The number of allylic oxidation sites excluding steroid dienone is 1. The van der Waals surface area contributed by atoms with Crippen LogP contribution < -0.4 is 10.2 Å². The molecule has 1 aromatic rings. The second-order valence-corrected chi connectivity index (χ2v) is 6.75. The van der Waals surface area contributed by atoms with Crippen molar-refractivity contribution in [2.75, 3.05) is 44.7 Å². The molecule has 0 radical (unpaired) electrons. The number of nitrogens with one attached hydrogen (secondary N) is 1. The number of benzene rings is 1. The normalized spacial score (nSPS) is 16.8. The molecule has 0 aromatic heterocycles. The van der Waals surface area contributed by atoms with Crippen molar-refractivity contribution in [3.63, 3.8) is 0 Å². The number of rotatable bonds is 8. The summed E-state index contributed by atoms with van der Waals surface area (Å²) in [6.07, 6.45) is 4.98. The topological polar surface area (TPSA) is 30.9 Å². The first-order chi connectivity index (χ1) is 12.5. The van der Waals surface area contributed by atoms with Crippen LogP contribution in [0.25, 0.3) is 0 Å². The Kier molecular flexibility index (Phi) is 10.6. The third-order valence-electron chi connectivity index (χ3n) is 4.65. The van der Waals surface area contributed by atoms with Crippen LogP contribution in [-0.2, 0) is 0 Å². The lowest BCUT2D eigenvalue weighted by molar-refractivity contribution is 0.466. The standard InChI is InChI=1S/C20H30F2N4.HI/c1-4-6-7-11-25(3)20(23-5-2)24-14-16-10-12-26(15-16)17-8-9-18(21)19(22)13-17;/h4,8-9,13,16H,1,5-7,10-12,14-15H2,2-3H3,(H,23,24);1H. The van der Waals surface area contributed by atoms with E-state index >= 15 is 0 Å². The Balaban J connectivity index is 0.00000364. The number of anilines is 1. The summed E-state index contributed by atoms with van der Waals surface area (Å²) < 4.78 is 26.5. The van der Waals surface area contributed by atoms with Gasteiger partial charge < -0.3 is 15.1 Å². The van der Waals surface area contributed by atoms with Crippen molar-refractivity contribution in [1.82, 2.24) is 10.2 Å². The van der Waals surface area contributed by atoms with Crippen LogP contribution >= 0.6 is 24.0 Å². The summed E-state index contributed by atoms with van der Waals surface area (Å²) in [5, 5.41) is 3.34. The Bertz CT molecular complexity index is 624. The van der Waals surface area contributed by atoms with Crippen LogP contribution in [0.1, 0.15) is 26.2 Å². The highest BCUT2D eigenvalue weighted by atomic mass is 127. The van der Waals surface area contributed by atoms with Crippen LogP contribution in [0, 0.1) is 17.6 Å². The van der Waals surface area contributed by atoms with E-state index in [-0.39, 0.29) is 24.0 Å². The molecule has 152 valence electrons. The number of aliphatic imine (C=N–C) groups is 1. The van der Waals surface area contributed by atoms with Gasteiger partial charge in [0.1, 0.15) is 0 Å². The van der Waals surface area contributed by atoms with Gasteiger partial charge in [0.15, 0.2) is 17.6 Å². The minimum Gasteiger partial charge on any atom is -0.371 e. The first-order valence-electron chi connectivity index (χ1n) is 9.35. The van der Waals surface area contributed by atoms with E-state index in [1.165, 1.54) is 12.1 Å². The molecule has 1 aliphatic rings. The Morgan fingerprint density at radius 1 is 1.41 bits per heavy atom. The molecule has 4 nitrogen and oxygen atoms in total. The molecule has 7 heteroatoms. The third-order valence-corrected chi connectivity index (χ3v) is 4.65. The van der Waals surface area contributed by atoms with Gasteiger partial charge in [0, 0.05) is 51.5 Å². The van der Waals surface area contributed by atoms with E-state index in [9.17, 15) is 8.78 Å². The SMILES string of the molecule is C=CCCCN(C)C(=NCC1CCN(c2ccc(F)c(F)c2)C1)NCC.I. The fraction of sp³-hybridized carbons (Fsp3) is 0.550. The predicted octanol–water partition coefficient (Wildman–Crippen LogP) is 4.27. The van der Waals surface area contributed by atoms with Gasteiger partial charge in [0.2, 0.25) is 0 Å². The maximum absolute atomic E-state index is 13.4. The molecule has 1 aliphatic heterocycles. The summed E-state index contributed by atoms with van der Waals surface area (Å²) in [6, 6.07) is 4.11. The van der Waals surface area contributed by atoms with Crippen molar-refractivity contribution < 1.29 is 8.78 Å². The van der Waals surface area contributed by atoms with Gasteiger partial charge in [-0.15, -0.1) is 30.6 Å². The second-order valence-electron chi connectivity index (χ2n) is 6.75. The van der Waals surface area contributed by atoms with E-state index < -0.39 is 11.6 Å². The van der Waals surface area contributed by atoms with E-state index in [2.05, 4.69) is 28.6 Å². The number of hydrogen-bond donors (Lipinski definition) is 1. The van der Waals surface area contributed by atoms with Crippen LogP contribution in [0.4, 0.5) is 14.5 Å². The van der Waals surface area contributed by atoms with E-state index in [0.29, 0.717) is 5.92 Å². The fourth-order valence-corrected chi connectivity index (χ4v) is 3.16. The molecule has 0 aliphatic carbocycles. The van der Waals surface area contributed by atoms with Crippen molar-refractivity contribution in [3.05, 3.63) is 42.5 Å². The summed E-state index contributed by atoms with van der Waals surface area (Å²) in [5.74, 6) is -0.260. The lowest BCUT2D eigenvalue weighted by Crippen LogP contribution is -2.39. The molecule has 0 bridgehead atoms. The first kappa shape index (κ1) is 23.7. The Hall–Kier alpha value is -1.38. The van der Waals surface area contributed by atoms with Crippen LogP contribution in [0.15, 0.2) is 35.8 Å². The molecule has 0 amide bonds. The average Bonchev–Trinajstić information content (AvgIpc) is 3.10. The Morgan fingerprint density at radius 3 is 2.85 bits per heavy atom. The lowest BCUT2D eigenvalue weighted by atomic mass is 10.1. The highest BCUT2D eigenvalue weighted by molar-refractivity contribution is 14.0. The first-order valence-corrected chi connectivity index (χ1v) is 9.35. The van der Waals surface area contributed by atoms with Crippen molar-refractivity contribution in [2.24, 2.45) is 10.9 Å². The summed E-state index contributed by atoms with van der Waals surface area (Å²) in [4.78, 5) is 9.03. The van der Waals surface area contributed by atoms with E-state index in [4.69, 9.17) is 4.99 Å². The minimum atomic E-state index is -0.802.